The lowest BCUT2D eigenvalue weighted by Crippen LogP contribution is -2.57. The SMILES string of the molecule is CC(=O)N1CCCC1C(=O)NC(CCC(=O)O)C(=O)N1CCN(c2ncccc2C)CC1. The van der Waals surface area contributed by atoms with E-state index in [0.717, 1.165) is 17.8 Å². The van der Waals surface area contributed by atoms with Crippen molar-refractivity contribution in [2.45, 2.75) is 51.6 Å². The average Bonchev–Trinajstić information content (AvgIpc) is 3.27. The molecule has 2 aliphatic rings. The van der Waals surface area contributed by atoms with Crippen molar-refractivity contribution in [1.82, 2.24) is 20.1 Å². The van der Waals surface area contributed by atoms with Crippen LogP contribution in [0.3, 0.4) is 0 Å². The second-order valence-electron chi connectivity index (χ2n) is 8.32. The van der Waals surface area contributed by atoms with Gasteiger partial charge >= 0.3 is 5.97 Å². The first-order chi connectivity index (χ1) is 15.3. The molecule has 2 aliphatic heterocycles. The Morgan fingerprint density at radius 1 is 1.19 bits per heavy atom. The number of hydrogen-bond acceptors (Lipinski definition) is 6. The van der Waals surface area contributed by atoms with E-state index < -0.39 is 24.0 Å². The van der Waals surface area contributed by atoms with Gasteiger partial charge in [0.05, 0.1) is 0 Å². The summed E-state index contributed by atoms with van der Waals surface area (Å²) in [7, 11) is 0. The Kier molecular flexibility index (Phi) is 7.66. The summed E-state index contributed by atoms with van der Waals surface area (Å²) in [5.74, 6) is -1.01. The molecule has 2 unspecified atom stereocenters. The highest BCUT2D eigenvalue weighted by molar-refractivity contribution is 5.92. The van der Waals surface area contributed by atoms with Crippen LogP contribution in [-0.2, 0) is 19.2 Å². The minimum absolute atomic E-state index is 0.00621. The standard InChI is InChI=1S/C22H31N5O5/c1-15-5-3-9-23-20(15)25-11-13-26(14-12-25)22(32)17(7-8-19(29)30)24-21(31)18-6-4-10-27(18)16(2)28/h3,5,9,17-18H,4,6-8,10-14H2,1-2H3,(H,24,31)(H,29,30). The summed E-state index contributed by atoms with van der Waals surface area (Å²) in [6.07, 6.45) is 2.77. The van der Waals surface area contributed by atoms with E-state index in [9.17, 15) is 19.2 Å². The van der Waals surface area contributed by atoms with E-state index in [1.165, 1.54) is 11.8 Å². The van der Waals surface area contributed by atoms with Gasteiger partial charge in [-0.2, -0.15) is 0 Å². The first-order valence-corrected chi connectivity index (χ1v) is 11.0. The van der Waals surface area contributed by atoms with Crippen molar-refractivity contribution in [1.29, 1.82) is 0 Å². The quantitative estimate of drug-likeness (QED) is 0.623. The van der Waals surface area contributed by atoms with Crippen LogP contribution in [-0.4, -0.2) is 88.4 Å². The Morgan fingerprint density at radius 2 is 1.91 bits per heavy atom. The van der Waals surface area contributed by atoms with E-state index in [1.54, 1.807) is 11.1 Å². The third-order valence-corrected chi connectivity index (χ3v) is 6.09. The molecule has 3 rings (SSSR count). The highest BCUT2D eigenvalue weighted by atomic mass is 16.4. The molecule has 0 radical (unpaired) electrons. The maximum atomic E-state index is 13.2. The fourth-order valence-corrected chi connectivity index (χ4v) is 4.38. The van der Waals surface area contributed by atoms with Crippen molar-refractivity contribution in [2.75, 3.05) is 37.6 Å². The number of likely N-dealkylation sites (tertiary alicyclic amines) is 1. The van der Waals surface area contributed by atoms with Crippen LogP contribution in [0.5, 0.6) is 0 Å². The fraction of sp³-hybridized carbons (Fsp3) is 0.591. The Balaban J connectivity index is 1.64. The molecule has 3 amide bonds. The number of hydrogen-bond donors (Lipinski definition) is 2. The van der Waals surface area contributed by atoms with Gasteiger partial charge in [0.15, 0.2) is 0 Å². The molecule has 3 heterocycles. The van der Waals surface area contributed by atoms with Crippen LogP contribution in [0.15, 0.2) is 18.3 Å². The van der Waals surface area contributed by atoms with E-state index in [2.05, 4.69) is 15.2 Å². The van der Waals surface area contributed by atoms with Gasteiger partial charge in [-0.25, -0.2) is 4.98 Å². The summed E-state index contributed by atoms with van der Waals surface area (Å²) in [5.41, 5.74) is 1.06. The number of carbonyl (C=O) groups is 4. The van der Waals surface area contributed by atoms with Crippen molar-refractivity contribution in [2.24, 2.45) is 0 Å². The largest absolute Gasteiger partial charge is 0.481 e. The molecule has 10 heteroatoms. The van der Waals surface area contributed by atoms with Gasteiger partial charge in [0.2, 0.25) is 17.7 Å². The minimum Gasteiger partial charge on any atom is -0.481 e. The van der Waals surface area contributed by atoms with Crippen LogP contribution in [0, 0.1) is 6.92 Å². The topological polar surface area (TPSA) is 123 Å². The van der Waals surface area contributed by atoms with Gasteiger partial charge in [0, 0.05) is 52.3 Å². The Morgan fingerprint density at radius 3 is 2.53 bits per heavy atom. The lowest BCUT2D eigenvalue weighted by atomic mass is 10.1. The number of anilines is 1. The maximum absolute atomic E-state index is 13.2. The first kappa shape index (κ1) is 23.5. The molecule has 1 aromatic heterocycles. The Hall–Kier alpha value is -3.17. The molecule has 174 valence electrons. The molecule has 1 aromatic rings. The van der Waals surface area contributed by atoms with E-state index in [-0.39, 0.29) is 24.7 Å². The summed E-state index contributed by atoms with van der Waals surface area (Å²) >= 11 is 0. The van der Waals surface area contributed by atoms with E-state index in [1.807, 2.05) is 19.1 Å². The van der Waals surface area contributed by atoms with Crippen molar-refractivity contribution < 1.29 is 24.3 Å². The number of piperazine rings is 1. The van der Waals surface area contributed by atoms with Gasteiger partial charge in [-0.05, 0) is 37.8 Å². The lowest BCUT2D eigenvalue weighted by molar-refractivity contribution is -0.141. The molecule has 2 atom stereocenters. The number of aryl methyl sites for hydroxylation is 1. The van der Waals surface area contributed by atoms with Crippen LogP contribution < -0.4 is 10.2 Å². The summed E-state index contributed by atoms with van der Waals surface area (Å²) in [6.45, 7) is 6.03. The molecule has 2 fully saturated rings. The number of aliphatic carboxylic acids is 1. The number of nitrogens with zero attached hydrogens (tertiary/aromatic N) is 4. The number of pyridine rings is 1. The van der Waals surface area contributed by atoms with E-state index in [0.29, 0.717) is 39.1 Å². The van der Waals surface area contributed by atoms with Crippen LogP contribution in [0.4, 0.5) is 5.82 Å². The van der Waals surface area contributed by atoms with Gasteiger partial charge in [0.25, 0.3) is 0 Å². The minimum atomic E-state index is -1.03. The summed E-state index contributed by atoms with van der Waals surface area (Å²) in [5, 5.41) is 11.8. The smallest absolute Gasteiger partial charge is 0.303 e. The van der Waals surface area contributed by atoms with E-state index >= 15 is 0 Å². The van der Waals surface area contributed by atoms with Crippen molar-refractivity contribution in [3.8, 4) is 0 Å². The Bertz CT molecular complexity index is 868. The third-order valence-electron chi connectivity index (χ3n) is 6.09. The molecule has 32 heavy (non-hydrogen) atoms. The number of carbonyl (C=O) groups excluding carboxylic acids is 3. The second-order valence-corrected chi connectivity index (χ2v) is 8.32. The summed E-state index contributed by atoms with van der Waals surface area (Å²) in [4.78, 5) is 58.7. The van der Waals surface area contributed by atoms with Crippen LogP contribution in [0.25, 0.3) is 0 Å². The van der Waals surface area contributed by atoms with Crippen molar-refractivity contribution in [3.05, 3.63) is 23.9 Å². The zero-order valence-corrected chi connectivity index (χ0v) is 18.6. The van der Waals surface area contributed by atoms with Crippen molar-refractivity contribution >= 4 is 29.5 Å². The third kappa shape index (κ3) is 5.54. The highest BCUT2D eigenvalue weighted by Crippen LogP contribution is 2.20. The zero-order valence-electron chi connectivity index (χ0n) is 18.6. The molecule has 2 saturated heterocycles. The number of aromatic nitrogens is 1. The Labute approximate surface area is 187 Å². The van der Waals surface area contributed by atoms with Gasteiger partial charge in [-0.3, -0.25) is 19.2 Å². The predicted molar refractivity (Wildman–Crippen MR) is 117 cm³/mol. The normalized spacial score (nSPS) is 19.6. The predicted octanol–water partition coefficient (Wildman–Crippen LogP) is 0.399. The van der Waals surface area contributed by atoms with Gasteiger partial charge in [0.1, 0.15) is 17.9 Å². The van der Waals surface area contributed by atoms with Crippen LogP contribution in [0.2, 0.25) is 0 Å². The molecular formula is C22H31N5O5. The molecular weight excluding hydrogens is 414 g/mol. The zero-order chi connectivity index (χ0) is 23.3. The molecule has 0 aromatic carbocycles. The molecule has 0 spiro atoms. The molecule has 0 saturated carbocycles. The molecule has 0 bridgehead atoms. The van der Waals surface area contributed by atoms with E-state index in [4.69, 9.17) is 5.11 Å². The fourth-order valence-electron chi connectivity index (χ4n) is 4.38. The first-order valence-electron chi connectivity index (χ1n) is 11.0. The average molecular weight is 446 g/mol. The lowest BCUT2D eigenvalue weighted by Gasteiger charge is -2.37. The molecule has 10 nitrogen and oxygen atoms in total. The molecule has 0 aliphatic carbocycles. The highest BCUT2D eigenvalue weighted by Gasteiger charge is 2.36. The van der Waals surface area contributed by atoms with Crippen LogP contribution >= 0.6 is 0 Å². The van der Waals surface area contributed by atoms with Gasteiger partial charge in [-0.1, -0.05) is 6.07 Å². The second kappa shape index (κ2) is 10.4. The van der Waals surface area contributed by atoms with Gasteiger partial charge in [-0.15, -0.1) is 0 Å². The maximum Gasteiger partial charge on any atom is 0.303 e. The van der Waals surface area contributed by atoms with Gasteiger partial charge < -0.3 is 25.1 Å². The number of nitrogens with one attached hydrogen (secondary N) is 1. The number of rotatable bonds is 7. The number of amides is 3. The number of carboxylic acids is 1. The summed E-state index contributed by atoms with van der Waals surface area (Å²) < 4.78 is 0. The monoisotopic (exact) mass is 445 g/mol. The molecule has 2 N–H and O–H groups in total. The van der Waals surface area contributed by atoms with Crippen LogP contribution in [0.1, 0.15) is 38.2 Å². The summed E-state index contributed by atoms with van der Waals surface area (Å²) in [6, 6.07) is 2.32. The number of carboxylic acid groups (broad SMARTS) is 1. The van der Waals surface area contributed by atoms with Crippen molar-refractivity contribution in [3.63, 3.8) is 0 Å².